The van der Waals surface area contributed by atoms with E-state index in [0.717, 1.165) is 0 Å². The molecule has 0 radical (unpaired) electrons. The van der Waals surface area contributed by atoms with Gasteiger partial charge in [-0.15, -0.1) is 0 Å². The fraction of sp³-hybridized carbons (Fsp3) is 0.114. The summed E-state index contributed by atoms with van der Waals surface area (Å²) in [5.41, 5.74) is 27.5. The molecule has 0 aromatic heterocycles. The predicted octanol–water partition coefficient (Wildman–Crippen LogP) is 20.5. The largest absolute Gasteiger partial charge is 0.344 e. The van der Waals surface area contributed by atoms with Crippen molar-refractivity contribution in [2.45, 2.75) is 43.9 Å². The van der Waals surface area contributed by atoms with Gasteiger partial charge in [0.2, 0.25) is 0 Å². The van der Waals surface area contributed by atoms with Gasteiger partial charge in [0.05, 0.1) is 16.8 Å². The molecule has 384 valence electrons. The summed E-state index contributed by atoms with van der Waals surface area (Å²) in [6, 6.07) is 93.1. The van der Waals surface area contributed by atoms with Crippen LogP contribution in [-0.4, -0.2) is 14.1 Å². The Balaban J connectivity index is 1.01. The molecule has 1 spiro atoms. The molecule has 1 atom stereocenters. The summed E-state index contributed by atoms with van der Waals surface area (Å²) in [6.07, 6.45) is 0. The quantitative estimate of drug-likeness (QED) is 0.129. The molecule has 2 heteroatoms. The van der Waals surface area contributed by atoms with Crippen molar-refractivity contribution in [2.75, 3.05) is 23.9 Å². The van der Waals surface area contributed by atoms with Crippen LogP contribution < -0.4 is 9.80 Å². The van der Waals surface area contributed by atoms with E-state index in [-0.39, 0.29) is 10.8 Å². The van der Waals surface area contributed by atoms with Crippen molar-refractivity contribution in [2.24, 2.45) is 0 Å². The Morgan fingerprint density at radius 1 is 0.247 bits per heavy atom. The monoisotopic (exact) mass is 1030 g/mol. The van der Waals surface area contributed by atoms with Crippen molar-refractivity contribution in [3.05, 3.63) is 287 Å². The Labute approximate surface area is 473 Å². The Kier molecular flexibility index (Phi) is 9.35. The molecule has 2 heterocycles. The number of hydrogen-bond donors (Lipinski definition) is 0. The van der Waals surface area contributed by atoms with Crippen molar-refractivity contribution in [1.82, 2.24) is 0 Å². The lowest BCUT2D eigenvalue weighted by Gasteiger charge is -2.41. The van der Waals surface area contributed by atoms with Crippen LogP contribution in [-0.2, 0) is 16.2 Å². The van der Waals surface area contributed by atoms with Crippen LogP contribution in [0, 0.1) is 0 Å². The number of benzene rings is 13. The van der Waals surface area contributed by atoms with Gasteiger partial charge in [-0.2, -0.15) is 0 Å². The van der Waals surface area contributed by atoms with E-state index < -0.39 is 5.41 Å². The molecule has 0 saturated heterocycles. The summed E-state index contributed by atoms with van der Waals surface area (Å²) in [4.78, 5) is 4.90. The molecular formula is C79H58N2. The first-order valence-corrected chi connectivity index (χ1v) is 28.8. The van der Waals surface area contributed by atoms with Crippen LogP contribution in [0.1, 0.15) is 72.2 Å². The van der Waals surface area contributed by atoms with Crippen LogP contribution in [0.4, 0.5) is 22.7 Å². The maximum Gasteiger partial charge on any atom is 0.0731 e. The number of hydrogen-bond acceptors (Lipinski definition) is 2. The van der Waals surface area contributed by atoms with Gasteiger partial charge in [0.15, 0.2) is 0 Å². The molecule has 4 aliphatic rings. The van der Waals surface area contributed by atoms with E-state index in [2.05, 4.69) is 294 Å². The molecule has 17 rings (SSSR count). The second-order valence-corrected chi connectivity index (χ2v) is 24.3. The molecule has 1 unspecified atom stereocenters. The summed E-state index contributed by atoms with van der Waals surface area (Å²) in [6.45, 7) is 9.58. The molecule has 2 aliphatic carbocycles. The van der Waals surface area contributed by atoms with Crippen LogP contribution in [0.2, 0.25) is 0 Å². The van der Waals surface area contributed by atoms with Gasteiger partial charge < -0.3 is 9.80 Å². The minimum Gasteiger partial charge on any atom is -0.344 e. The molecule has 81 heavy (non-hydrogen) atoms. The standard InChI is InChI=1S/C79H58N2/c1-77(2)64-39-15-17-44-69(64)80(5)75-55(34-21-42-67(75)77)49-30-19-32-52-60(49)46-61-50(56-35-22-43-68-76(56)81(6)70-45-18-16-40-65(70)78(68,3)4)31-20-33-53(61)71(52)59-36-23-41-66-72(59)57-28-11-13-37-62(57)79(66)63-38-14-12-29-58(63)73-51-26-9-7-24-47(51)48-25-8-10-27-54(48)74(73)79/h7-46H,1-6H3. The highest BCUT2D eigenvalue weighted by Crippen LogP contribution is 2.67. The minimum atomic E-state index is -0.582. The Hall–Kier alpha value is -9.50. The summed E-state index contributed by atoms with van der Waals surface area (Å²) >= 11 is 0. The van der Waals surface area contributed by atoms with Crippen molar-refractivity contribution in [3.63, 3.8) is 0 Å². The van der Waals surface area contributed by atoms with E-state index in [1.807, 2.05) is 0 Å². The second kappa shape index (κ2) is 16.3. The molecule has 0 saturated carbocycles. The average Bonchev–Trinajstić information content (AvgIpc) is 1.77. The third kappa shape index (κ3) is 5.82. The molecule has 2 aliphatic heterocycles. The summed E-state index contributed by atoms with van der Waals surface area (Å²) < 4.78 is 0. The van der Waals surface area contributed by atoms with Crippen molar-refractivity contribution in [3.8, 4) is 55.6 Å². The lowest BCUT2D eigenvalue weighted by molar-refractivity contribution is 0.630. The second-order valence-electron chi connectivity index (χ2n) is 24.3. The fourth-order valence-electron chi connectivity index (χ4n) is 16.4. The molecule has 13 aromatic rings. The van der Waals surface area contributed by atoms with E-state index in [1.165, 1.54) is 166 Å². The first-order chi connectivity index (χ1) is 39.6. The molecular weight excluding hydrogens is 977 g/mol. The molecule has 0 bridgehead atoms. The predicted molar refractivity (Wildman–Crippen MR) is 342 cm³/mol. The van der Waals surface area contributed by atoms with Crippen LogP contribution >= 0.6 is 0 Å². The van der Waals surface area contributed by atoms with E-state index in [9.17, 15) is 0 Å². The molecule has 0 amide bonds. The van der Waals surface area contributed by atoms with Crippen LogP contribution in [0.25, 0.3) is 98.7 Å². The molecule has 0 N–H and O–H groups in total. The van der Waals surface area contributed by atoms with Crippen molar-refractivity contribution >= 4 is 65.8 Å². The van der Waals surface area contributed by atoms with E-state index >= 15 is 0 Å². The van der Waals surface area contributed by atoms with E-state index in [0.29, 0.717) is 0 Å². The van der Waals surface area contributed by atoms with E-state index in [1.54, 1.807) is 0 Å². The molecule has 13 aromatic carbocycles. The zero-order valence-corrected chi connectivity index (χ0v) is 46.5. The third-order valence-corrected chi connectivity index (χ3v) is 19.8. The van der Waals surface area contributed by atoms with Gasteiger partial charge in [-0.05, 0) is 150 Å². The topological polar surface area (TPSA) is 6.48 Å². The maximum atomic E-state index is 2.56. The maximum absolute atomic E-state index is 2.56. The van der Waals surface area contributed by atoms with Gasteiger partial charge in [0.25, 0.3) is 0 Å². The highest BCUT2D eigenvalue weighted by atomic mass is 15.1. The smallest absolute Gasteiger partial charge is 0.0731 e. The first kappa shape index (κ1) is 46.4. The summed E-state index contributed by atoms with van der Waals surface area (Å²) in [5.74, 6) is 0. The SMILES string of the molecule is CN1c2ccccc2C(C)(C)c2cccc(-c3cccc4c(-c5cccc6c5-c5ccccc5C65c6ccccc6-c6c5c5ccccc5c5ccccc65)c5cccc(-c6cccc7c6N(C)c6ccccc6C7(C)C)c5cc34)c21. The zero-order chi connectivity index (χ0) is 54.3. The third-order valence-electron chi connectivity index (χ3n) is 19.8. The lowest BCUT2D eigenvalue weighted by Crippen LogP contribution is -2.31. The van der Waals surface area contributed by atoms with Crippen molar-refractivity contribution < 1.29 is 0 Å². The van der Waals surface area contributed by atoms with Gasteiger partial charge in [-0.3, -0.25) is 0 Å². The average molecular weight is 1040 g/mol. The molecule has 2 nitrogen and oxygen atoms in total. The van der Waals surface area contributed by atoms with E-state index in [4.69, 9.17) is 0 Å². The van der Waals surface area contributed by atoms with Gasteiger partial charge in [0, 0.05) is 47.4 Å². The lowest BCUT2D eigenvalue weighted by atomic mass is 9.69. The van der Waals surface area contributed by atoms with Crippen LogP contribution in [0.5, 0.6) is 0 Å². The summed E-state index contributed by atoms with van der Waals surface area (Å²) in [5, 5.41) is 10.2. The highest BCUT2D eigenvalue weighted by molar-refractivity contribution is 6.24. The zero-order valence-electron chi connectivity index (χ0n) is 46.5. The molecule has 0 fully saturated rings. The number of fused-ring (bicyclic) bond motifs is 21. The van der Waals surface area contributed by atoms with Gasteiger partial charge in [-0.1, -0.05) is 252 Å². The number of nitrogens with zero attached hydrogens (tertiary/aromatic N) is 2. The Morgan fingerprint density at radius 2 is 0.593 bits per heavy atom. The van der Waals surface area contributed by atoms with Crippen LogP contribution in [0.3, 0.4) is 0 Å². The number of rotatable bonds is 3. The highest BCUT2D eigenvalue weighted by Gasteiger charge is 2.54. The summed E-state index contributed by atoms with van der Waals surface area (Å²) in [7, 11) is 4.53. The Morgan fingerprint density at radius 3 is 1.14 bits per heavy atom. The van der Waals surface area contributed by atoms with Gasteiger partial charge in [-0.25, -0.2) is 0 Å². The normalized spacial score (nSPS) is 16.5. The fourth-order valence-corrected chi connectivity index (χ4v) is 16.4. The minimum absolute atomic E-state index is 0.210. The van der Waals surface area contributed by atoms with Gasteiger partial charge in [0.1, 0.15) is 0 Å². The van der Waals surface area contributed by atoms with Crippen molar-refractivity contribution in [1.29, 1.82) is 0 Å². The van der Waals surface area contributed by atoms with Gasteiger partial charge >= 0.3 is 0 Å². The number of anilines is 4. The first-order valence-electron chi connectivity index (χ1n) is 28.8. The Bertz CT molecular complexity index is 4760. The number of para-hydroxylation sites is 4. The van der Waals surface area contributed by atoms with Crippen LogP contribution in [0.15, 0.2) is 243 Å².